The highest BCUT2D eigenvalue weighted by Gasteiger charge is 2.69. The number of fused-ring (bicyclic) bond motifs is 5. The Kier molecular flexibility index (Phi) is 1.88. The van der Waals surface area contributed by atoms with E-state index in [0.717, 1.165) is 11.8 Å². The van der Waals surface area contributed by atoms with Crippen molar-refractivity contribution in [1.82, 2.24) is 0 Å². The topological polar surface area (TPSA) is 26.3 Å². The normalized spacial score (nSPS) is 51.6. The van der Waals surface area contributed by atoms with Gasteiger partial charge in [0, 0.05) is 11.8 Å². The first-order valence-corrected chi connectivity index (χ1v) is 8.36. The van der Waals surface area contributed by atoms with Gasteiger partial charge in [0.05, 0.1) is 5.92 Å². The van der Waals surface area contributed by atoms with Crippen molar-refractivity contribution >= 4 is 5.97 Å². The Balaban J connectivity index is 1.58. The summed E-state index contributed by atoms with van der Waals surface area (Å²) in [6.07, 6.45) is 11.5. The van der Waals surface area contributed by atoms with Gasteiger partial charge in [0.15, 0.2) is 0 Å². The Morgan fingerprint density at radius 3 is 2.37 bits per heavy atom. The zero-order chi connectivity index (χ0) is 12.8. The predicted molar refractivity (Wildman–Crippen MR) is 71.3 cm³/mol. The molecule has 2 nitrogen and oxygen atoms in total. The quantitative estimate of drug-likeness (QED) is 0.623. The van der Waals surface area contributed by atoms with Crippen LogP contribution in [0.3, 0.4) is 0 Å². The van der Waals surface area contributed by atoms with Gasteiger partial charge in [0.1, 0.15) is 6.10 Å². The summed E-state index contributed by atoms with van der Waals surface area (Å²) in [5.74, 6) is 2.43. The SMILES string of the molecule is CC1C(=O)OC2C1CCC1(CC1)C1CCC3(CC3)C21. The summed E-state index contributed by atoms with van der Waals surface area (Å²) in [5.41, 5.74) is 1.30. The lowest BCUT2D eigenvalue weighted by molar-refractivity contribution is -0.147. The van der Waals surface area contributed by atoms with E-state index in [1.165, 1.54) is 51.4 Å². The first-order valence-electron chi connectivity index (χ1n) is 8.36. The molecule has 2 spiro atoms. The lowest BCUT2D eigenvalue weighted by Gasteiger charge is -2.33. The fourth-order valence-corrected chi connectivity index (χ4v) is 6.19. The minimum absolute atomic E-state index is 0.100. The summed E-state index contributed by atoms with van der Waals surface area (Å²) >= 11 is 0. The molecule has 0 bridgehead atoms. The first-order chi connectivity index (χ1) is 9.15. The Hall–Kier alpha value is -0.530. The van der Waals surface area contributed by atoms with Crippen LogP contribution in [0.2, 0.25) is 0 Å². The maximum atomic E-state index is 12.0. The molecule has 0 aromatic rings. The maximum absolute atomic E-state index is 12.0. The summed E-state index contributed by atoms with van der Waals surface area (Å²) in [4.78, 5) is 12.0. The lowest BCUT2D eigenvalue weighted by atomic mass is 9.74. The Bertz CT molecular complexity index is 446. The third kappa shape index (κ3) is 1.27. The van der Waals surface area contributed by atoms with Gasteiger partial charge in [-0.1, -0.05) is 6.92 Å². The molecular formula is C17H24O2. The van der Waals surface area contributed by atoms with Crippen LogP contribution in [0.25, 0.3) is 0 Å². The van der Waals surface area contributed by atoms with Gasteiger partial charge < -0.3 is 4.74 Å². The second-order valence-electron chi connectivity index (χ2n) is 8.29. The van der Waals surface area contributed by atoms with Crippen molar-refractivity contribution in [1.29, 1.82) is 0 Å². The summed E-state index contributed by atoms with van der Waals surface area (Å²) in [7, 11) is 0. The van der Waals surface area contributed by atoms with Gasteiger partial charge in [-0.15, -0.1) is 0 Å². The second-order valence-corrected chi connectivity index (χ2v) is 8.29. The van der Waals surface area contributed by atoms with E-state index in [9.17, 15) is 4.79 Å². The average molecular weight is 260 g/mol. The van der Waals surface area contributed by atoms with Crippen molar-refractivity contribution in [3.8, 4) is 0 Å². The number of hydrogen-bond acceptors (Lipinski definition) is 2. The molecule has 4 saturated carbocycles. The van der Waals surface area contributed by atoms with Gasteiger partial charge in [-0.25, -0.2) is 0 Å². The highest BCUT2D eigenvalue weighted by molar-refractivity contribution is 5.75. The van der Waals surface area contributed by atoms with Crippen molar-refractivity contribution in [2.75, 3.05) is 0 Å². The molecule has 0 N–H and O–H groups in total. The minimum Gasteiger partial charge on any atom is -0.462 e. The van der Waals surface area contributed by atoms with E-state index in [2.05, 4.69) is 6.92 Å². The molecule has 0 aromatic heterocycles. The molecule has 0 radical (unpaired) electrons. The van der Waals surface area contributed by atoms with Crippen LogP contribution in [0.4, 0.5) is 0 Å². The van der Waals surface area contributed by atoms with Crippen LogP contribution < -0.4 is 0 Å². The Morgan fingerprint density at radius 1 is 1.00 bits per heavy atom. The molecule has 5 rings (SSSR count). The molecule has 5 fully saturated rings. The molecule has 1 heterocycles. The number of rotatable bonds is 0. The monoisotopic (exact) mass is 260 g/mol. The average Bonchev–Trinajstić information content (AvgIpc) is 3.26. The smallest absolute Gasteiger partial charge is 0.309 e. The van der Waals surface area contributed by atoms with Gasteiger partial charge in [-0.3, -0.25) is 4.79 Å². The van der Waals surface area contributed by atoms with Gasteiger partial charge in [-0.05, 0) is 68.1 Å². The molecule has 5 unspecified atom stereocenters. The van der Waals surface area contributed by atoms with Crippen LogP contribution in [-0.4, -0.2) is 12.1 Å². The number of ether oxygens (including phenoxy) is 1. The van der Waals surface area contributed by atoms with Crippen molar-refractivity contribution in [2.45, 2.75) is 64.4 Å². The van der Waals surface area contributed by atoms with Crippen LogP contribution in [-0.2, 0) is 9.53 Å². The van der Waals surface area contributed by atoms with Gasteiger partial charge in [0.25, 0.3) is 0 Å². The van der Waals surface area contributed by atoms with Crippen molar-refractivity contribution in [3.63, 3.8) is 0 Å². The van der Waals surface area contributed by atoms with E-state index >= 15 is 0 Å². The lowest BCUT2D eigenvalue weighted by Crippen LogP contribution is -2.35. The second kappa shape index (κ2) is 3.20. The standard InChI is InChI=1S/C17H24O2/c1-10-11-2-4-16(6-7-16)12-3-5-17(8-9-17)13(12)14(11)19-15(10)18/h10-14H,2-9H2,1H3. The fraction of sp³-hybridized carbons (Fsp3) is 0.941. The zero-order valence-corrected chi connectivity index (χ0v) is 11.9. The fourth-order valence-electron chi connectivity index (χ4n) is 6.19. The van der Waals surface area contributed by atoms with Crippen LogP contribution in [0, 0.1) is 34.5 Å². The number of carbonyl (C=O) groups is 1. The highest BCUT2D eigenvalue weighted by atomic mass is 16.6. The number of carbonyl (C=O) groups excluding carboxylic acids is 1. The molecule has 1 aliphatic heterocycles. The van der Waals surface area contributed by atoms with E-state index in [0.29, 0.717) is 16.7 Å². The molecule has 1 saturated heterocycles. The largest absolute Gasteiger partial charge is 0.462 e. The van der Waals surface area contributed by atoms with Crippen molar-refractivity contribution < 1.29 is 9.53 Å². The summed E-state index contributed by atoms with van der Waals surface area (Å²) in [6.45, 7) is 2.11. The Labute approximate surface area is 115 Å². The van der Waals surface area contributed by atoms with E-state index in [-0.39, 0.29) is 18.0 Å². The van der Waals surface area contributed by atoms with E-state index in [1.807, 2.05) is 0 Å². The third-order valence-corrected chi connectivity index (χ3v) is 7.68. The summed E-state index contributed by atoms with van der Waals surface area (Å²) in [5, 5.41) is 0. The number of hydrogen-bond donors (Lipinski definition) is 0. The van der Waals surface area contributed by atoms with E-state index < -0.39 is 0 Å². The van der Waals surface area contributed by atoms with Crippen molar-refractivity contribution in [2.24, 2.45) is 34.5 Å². The number of esters is 1. The van der Waals surface area contributed by atoms with Gasteiger partial charge in [-0.2, -0.15) is 0 Å². The van der Waals surface area contributed by atoms with Crippen molar-refractivity contribution in [3.05, 3.63) is 0 Å². The molecule has 4 aliphatic carbocycles. The van der Waals surface area contributed by atoms with E-state index in [1.54, 1.807) is 0 Å². The van der Waals surface area contributed by atoms with E-state index in [4.69, 9.17) is 4.74 Å². The summed E-state index contributed by atoms with van der Waals surface area (Å²) < 4.78 is 5.93. The maximum Gasteiger partial charge on any atom is 0.309 e. The van der Waals surface area contributed by atoms with Crippen LogP contribution in [0.1, 0.15) is 58.3 Å². The molecule has 0 aromatic carbocycles. The van der Waals surface area contributed by atoms with Crippen LogP contribution >= 0.6 is 0 Å². The molecule has 0 amide bonds. The van der Waals surface area contributed by atoms with Gasteiger partial charge in [0.2, 0.25) is 0 Å². The molecule has 5 aliphatic rings. The minimum atomic E-state index is 0.100. The Morgan fingerprint density at radius 2 is 1.68 bits per heavy atom. The summed E-state index contributed by atoms with van der Waals surface area (Å²) in [6, 6.07) is 0. The predicted octanol–water partition coefficient (Wildman–Crippen LogP) is 3.54. The van der Waals surface area contributed by atoms with Gasteiger partial charge >= 0.3 is 5.97 Å². The third-order valence-electron chi connectivity index (χ3n) is 7.68. The molecular weight excluding hydrogens is 236 g/mol. The van der Waals surface area contributed by atoms with Crippen LogP contribution in [0.5, 0.6) is 0 Å². The molecule has 19 heavy (non-hydrogen) atoms. The first kappa shape index (κ1) is 11.2. The highest BCUT2D eigenvalue weighted by Crippen LogP contribution is 2.74. The zero-order valence-electron chi connectivity index (χ0n) is 11.9. The molecule has 2 heteroatoms. The van der Waals surface area contributed by atoms with Crippen LogP contribution in [0.15, 0.2) is 0 Å². The molecule has 5 atom stereocenters. The molecule has 104 valence electrons.